The SMILES string of the molecule is CCN(c1ccc(C)cc1)c1ccc(C(c2ccc(N(CC)c3ccc(C)cc3)cc2C)c2ccc(NCCCC(F)(F)F)c3ccccc23)cc1. The number of aryl methyl sites for hydroxylation is 3. The molecule has 0 saturated heterocycles. The maximum absolute atomic E-state index is 12.9. The minimum atomic E-state index is -4.16. The molecule has 1 atom stereocenters. The molecule has 0 aromatic heterocycles. The molecule has 1 N–H and O–H groups in total. The van der Waals surface area contributed by atoms with Crippen LogP contribution in [0.1, 0.15) is 66.0 Å². The largest absolute Gasteiger partial charge is 0.389 e. The molecule has 0 bridgehead atoms. The molecule has 0 radical (unpaired) electrons. The monoisotopic (exact) mass is 699 g/mol. The van der Waals surface area contributed by atoms with E-state index in [0.29, 0.717) is 0 Å². The van der Waals surface area contributed by atoms with E-state index in [1.165, 1.54) is 27.8 Å². The summed E-state index contributed by atoms with van der Waals surface area (Å²) in [5, 5.41) is 5.37. The summed E-state index contributed by atoms with van der Waals surface area (Å²) in [5.74, 6) is -0.0869. The Morgan fingerprint density at radius 3 is 1.62 bits per heavy atom. The minimum absolute atomic E-state index is 0.0226. The van der Waals surface area contributed by atoms with Gasteiger partial charge in [-0.3, -0.25) is 0 Å². The molecule has 0 amide bonds. The van der Waals surface area contributed by atoms with Gasteiger partial charge in [0.15, 0.2) is 0 Å². The van der Waals surface area contributed by atoms with Crippen molar-refractivity contribution in [1.82, 2.24) is 0 Å². The number of benzene rings is 6. The van der Waals surface area contributed by atoms with Crippen molar-refractivity contribution in [1.29, 1.82) is 0 Å². The second-order valence-corrected chi connectivity index (χ2v) is 13.6. The van der Waals surface area contributed by atoms with Crippen molar-refractivity contribution in [3.63, 3.8) is 0 Å². The number of nitrogens with zero attached hydrogens (tertiary/aromatic N) is 2. The number of hydrogen-bond acceptors (Lipinski definition) is 3. The van der Waals surface area contributed by atoms with Crippen LogP contribution in [0.15, 0.2) is 127 Å². The van der Waals surface area contributed by atoms with Crippen LogP contribution in [0.25, 0.3) is 10.8 Å². The lowest BCUT2D eigenvalue weighted by Gasteiger charge is -2.28. The fourth-order valence-electron chi connectivity index (χ4n) is 7.24. The Morgan fingerprint density at radius 2 is 1.08 bits per heavy atom. The second-order valence-electron chi connectivity index (χ2n) is 13.6. The molecule has 3 nitrogen and oxygen atoms in total. The van der Waals surface area contributed by atoms with E-state index in [0.717, 1.165) is 57.9 Å². The fraction of sp³-hybridized carbons (Fsp3) is 0.261. The van der Waals surface area contributed by atoms with E-state index in [9.17, 15) is 13.2 Å². The first-order valence-corrected chi connectivity index (χ1v) is 18.3. The number of anilines is 5. The zero-order valence-corrected chi connectivity index (χ0v) is 30.8. The summed E-state index contributed by atoms with van der Waals surface area (Å²) >= 11 is 0. The second kappa shape index (κ2) is 16.0. The van der Waals surface area contributed by atoms with Gasteiger partial charge >= 0.3 is 6.18 Å². The summed E-state index contributed by atoms with van der Waals surface area (Å²) in [5.41, 5.74) is 12.6. The average molecular weight is 700 g/mol. The van der Waals surface area contributed by atoms with E-state index in [1.54, 1.807) is 0 Å². The first kappa shape index (κ1) is 36.6. The molecule has 0 spiro atoms. The molecular weight excluding hydrogens is 652 g/mol. The highest BCUT2D eigenvalue weighted by Gasteiger charge is 2.26. The first-order chi connectivity index (χ1) is 25.1. The molecule has 0 aliphatic rings. The van der Waals surface area contributed by atoms with Crippen molar-refractivity contribution >= 4 is 39.2 Å². The normalized spacial score (nSPS) is 12.2. The van der Waals surface area contributed by atoms with Gasteiger partial charge in [0, 0.05) is 65.8 Å². The number of halogens is 3. The smallest absolute Gasteiger partial charge is 0.385 e. The van der Waals surface area contributed by atoms with Gasteiger partial charge in [0.05, 0.1) is 0 Å². The lowest BCUT2D eigenvalue weighted by molar-refractivity contribution is -0.134. The Morgan fingerprint density at radius 1 is 0.577 bits per heavy atom. The van der Waals surface area contributed by atoms with Crippen molar-refractivity contribution in [2.24, 2.45) is 0 Å². The lowest BCUT2D eigenvalue weighted by Crippen LogP contribution is -2.17. The van der Waals surface area contributed by atoms with Gasteiger partial charge in [0.25, 0.3) is 0 Å². The zero-order chi connectivity index (χ0) is 36.8. The van der Waals surface area contributed by atoms with Gasteiger partial charge in [-0.1, -0.05) is 83.9 Å². The molecule has 1 unspecified atom stereocenters. The van der Waals surface area contributed by atoms with Crippen LogP contribution in [-0.2, 0) is 0 Å². The van der Waals surface area contributed by atoms with Gasteiger partial charge in [0.2, 0.25) is 0 Å². The molecule has 52 heavy (non-hydrogen) atoms. The Bertz CT molecular complexity index is 2090. The van der Waals surface area contributed by atoms with Crippen LogP contribution in [0.2, 0.25) is 0 Å². The van der Waals surface area contributed by atoms with Crippen molar-refractivity contribution < 1.29 is 13.2 Å². The third-order valence-corrected chi connectivity index (χ3v) is 9.96. The molecule has 0 heterocycles. The number of hydrogen-bond donors (Lipinski definition) is 1. The molecule has 6 heteroatoms. The lowest BCUT2D eigenvalue weighted by atomic mass is 9.80. The molecule has 6 aromatic carbocycles. The topological polar surface area (TPSA) is 18.5 Å². The molecule has 0 aliphatic heterocycles. The van der Waals surface area contributed by atoms with Crippen molar-refractivity contribution in [2.45, 2.75) is 59.6 Å². The van der Waals surface area contributed by atoms with Crippen LogP contribution < -0.4 is 15.1 Å². The zero-order valence-electron chi connectivity index (χ0n) is 30.8. The highest BCUT2D eigenvalue weighted by Crippen LogP contribution is 2.42. The number of rotatable bonds is 13. The van der Waals surface area contributed by atoms with E-state index in [1.807, 2.05) is 18.2 Å². The molecular formula is C46H48F3N3. The maximum atomic E-state index is 12.9. The van der Waals surface area contributed by atoms with Gasteiger partial charge in [-0.15, -0.1) is 0 Å². The molecule has 0 saturated carbocycles. The summed E-state index contributed by atoms with van der Waals surface area (Å²) in [6.07, 6.45) is -4.94. The Kier molecular flexibility index (Phi) is 11.2. The summed E-state index contributed by atoms with van der Waals surface area (Å²) in [7, 11) is 0. The summed E-state index contributed by atoms with van der Waals surface area (Å²) in [6.45, 7) is 12.7. The van der Waals surface area contributed by atoms with E-state index in [4.69, 9.17) is 0 Å². The fourth-order valence-corrected chi connectivity index (χ4v) is 7.24. The van der Waals surface area contributed by atoms with E-state index in [-0.39, 0.29) is 18.9 Å². The predicted octanol–water partition coefficient (Wildman–Crippen LogP) is 13.0. The number of alkyl halides is 3. The van der Waals surface area contributed by atoms with Crippen LogP contribution in [0, 0.1) is 20.8 Å². The van der Waals surface area contributed by atoms with Crippen LogP contribution >= 0.6 is 0 Å². The quantitative estimate of drug-likeness (QED) is 0.0956. The minimum Gasteiger partial charge on any atom is -0.385 e. The molecule has 0 aliphatic carbocycles. The first-order valence-electron chi connectivity index (χ1n) is 18.3. The third-order valence-electron chi connectivity index (χ3n) is 9.96. The van der Waals surface area contributed by atoms with Gasteiger partial charge < -0.3 is 15.1 Å². The summed E-state index contributed by atoms with van der Waals surface area (Å²) in [4.78, 5) is 4.65. The maximum Gasteiger partial charge on any atom is 0.389 e. The number of fused-ring (bicyclic) bond motifs is 1. The predicted molar refractivity (Wildman–Crippen MR) is 214 cm³/mol. The molecule has 268 valence electrons. The van der Waals surface area contributed by atoms with Crippen LogP contribution in [0.3, 0.4) is 0 Å². The van der Waals surface area contributed by atoms with Crippen LogP contribution in [-0.4, -0.2) is 25.8 Å². The van der Waals surface area contributed by atoms with Crippen LogP contribution in [0.5, 0.6) is 0 Å². The summed E-state index contributed by atoms with van der Waals surface area (Å²) < 4.78 is 38.6. The highest BCUT2D eigenvalue weighted by atomic mass is 19.4. The van der Waals surface area contributed by atoms with E-state index < -0.39 is 12.6 Å². The molecule has 6 aromatic rings. The van der Waals surface area contributed by atoms with Gasteiger partial charge in [-0.05, 0) is 123 Å². The van der Waals surface area contributed by atoms with Crippen LogP contribution in [0.4, 0.5) is 41.6 Å². The summed E-state index contributed by atoms with van der Waals surface area (Å²) in [6, 6.07) is 45.4. The number of nitrogens with one attached hydrogen (secondary N) is 1. The Hall–Kier alpha value is -5.23. The molecule has 0 fully saturated rings. The highest BCUT2D eigenvalue weighted by molar-refractivity contribution is 5.97. The van der Waals surface area contributed by atoms with Gasteiger partial charge in [-0.25, -0.2) is 0 Å². The standard InChI is InChI=1S/C46H48F3N3/c1-6-51(36-19-13-32(3)14-20-36)38-23-17-35(18-24-38)45(40-26-25-39(31-34(40)5)52(7-2)37-21-15-33(4)16-22-37)43-27-28-44(42-12-9-8-11-41(42)43)50-30-10-29-46(47,48)49/h8-9,11-28,31,45,50H,6-7,10,29-30H2,1-5H3. The van der Waals surface area contributed by atoms with Gasteiger partial charge in [0.1, 0.15) is 0 Å². The average Bonchev–Trinajstić information content (AvgIpc) is 3.14. The third kappa shape index (κ3) is 8.28. The van der Waals surface area contributed by atoms with E-state index in [2.05, 4.69) is 159 Å². The molecule has 6 rings (SSSR count). The Labute approximate surface area is 306 Å². The van der Waals surface area contributed by atoms with Crippen molar-refractivity contribution in [3.05, 3.63) is 161 Å². The van der Waals surface area contributed by atoms with Gasteiger partial charge in [-0.2, -0.15) is 13.2 Å². The van der Waals surface area contributed by atoms with Crippen molar-refractivity contribution in [3.8, 4) is 0 Å². The van der Waals surface area contributed by atoms with E-state index >= 15 is 0 Å². The Balaban J connectivity index is 1.43. The van der Waals surface area contributed by atoms with Crippen molar-refractivity contribution in [2.75, 3.05) is 34.8 Å².